The second-order valence-corrected chi connectivity index (χ2v) is 3.78. The summed E-state index contributed by atoms with van der Waals surface area (Å²) in [7, 11) is 0. The highest BCUT2D eigenvalue weighted by Crippen LogP contribution is 2.21. The van der Waals surface area contributed by atoms with Gasteiger partial charge >= 0.3 is 6.09 Å². The van der Waals surface area contributed by atoms with Crippen molar-refractivity contribution in [2.24, 2.45) is 0 Å². The molecule has 0 bridgehead atoms. The summed E-state index contributed by atoms with van der Waals surface area (Å²) in [5.41, 5.74) is 0.704. The Balaban J connectivity index is 2.10. The molecule has 5 heteroatoms. The largest absolute Gasteiger partial charge is 0.447 e. The van der Waals surface area contributed by atoms with Crippen LogP contribution in [0.3, 0.4) is 0 Å². The van der Waals surface area contributed by atoms with Crippen LogP contribution in [0.2, 0.25) is 5.02 Å². The summed E-state index contributed by atoms with van der Waals surface area (Å²) in [6, 6.07) is 6.43. The van der Waals surface area contributed by atoms with Gasteiger partial charge in [0.1, 0.15) is 12.7 Å². The van der Waals surface area contributed by atoms with Crippen molar-refractivity contribution < 1.29 is 14.6 Å². The summed E-state index contributed by atoms with van der Waals surface area (Å²) < 4.78 is 4.70. The van der Waals surface area contributed by atoms with Crippen molar-refractivity contribution in [3.63, 3.8) is 0 Å². The van der Waals surface area contributed by atoms with Crippen LogP contribution in [0.25, 0.3) is 0 Å². The van der Waals surface area contributed by atoms with E-state index in [1.807, 2.05) is 0 Å². The van der Waals surface area contributed by atoms with Crippen molar-refractivity contribution in [1.82, 2.24) is 5.32 Å². The van der Waals surface area contributed by atoms with Crippen molar-refractivity contribution in [2.75, 3.05) is 6.61 Å². The lowest BCUT2D eigenvalue weighted by Gasteiger charge is -2.15. The SMILES string of the molecule is O=C1NC(C(O)c2ccc(Cl)cc2)CO1. The summed E-state index contributed by atoms with van der Waals surface area (Å²) in [6.45, 7) is 0.183. The van der Waals surface area contributed by atoms with Crippen LogP contribution in [0.5, 0.6) is 0 Å². The normalized spacial score (nSPS) is 22.0. The van der Waals surface area contributed by atoms with Crippen LogP contribution in [0.4, 0.5) is 4.79 Å². The minimum absolute atomic E-state index is 0.183. The number of hydrogen-bond donors (Lipinski definition) is 2. The zero-order valence-corrected chi connectivity index (χ0v) is 8.57. The molecule has 0 aliphatic carbocycles. The highest BCUT2D eigenvalue weighted by atomic mass is 35.5. The lowest BCUT2D eigenvalue weighted by molar-refractivity contribution is 0.125. The molecule has 2 atom stereocenters. The number of amides is 1. The van der Waals surface area contributed by atoms with Gasteiger partial charge in [0.15, 0.2) is 0 Å². The molecule has 2 unspecified atom stereocenters. The third-order valence-electron chi connectivity index (χ3n) is 2.29. The van der Waals surface area contributed by atoms with Gasteiger partial charge in [0.2, 0.25) is 0 Å². The Hall–Kier alpha value is -1.26. The lowest BCUT2D eigenvalue weighted by atomic mass is 10.0. The zero-order chi connectivity index (χ0) is 10.8. The van der Waals surface area contributed by atoms with E-state index in [1.165, 1.54) is 0 Å². The minimum Gasteiger partial charge on any atom is -0.447 e. The Morgan fingerprint density at radius 1 is 1.47 bits per heavy atom. The quantitative estimate of drug-likeness (QED) is 0.805. The Kier molecular flexibility index (Phi) is 2.79. The third-order valence-corrected chi connectivity index (χ3v) is 2.54. The summed E-state index contributed by atoms with van der Waals surface area (Å²) in [5, 5.41) is 13.0. The maximum absolute atomic E-state index is 10.8. The highest BCUT2D eigenvalue weighted by Gasteiger charge is 2.29. The second kappa shape index (κ2) is 4.08. The molecule has 1 heterocycles. The number of benzene rings is 1. The monoisotopic (exact) mass is 227 g/mol. The van der Waals surface area contributed by atoms with Crippen molar-refractivity contribution in [3.8, 4) is 0 Å². The van der Waals surface area contributed by atoms with E-state index >= 15 is 0 Å². The molecule has 15 heavy (non-hydrogen) atoms. The molecule has 0 saturated carbocycles. The van der Waals surface area contributed by atoms with E-state index in [-0.39, 0.29) is 6.61 Å². The van der Waals surface area contributed by atoms with Gasteiger partial charge in [0.05, 0.1) is 6.04 Å². The van der Waals surface area contributed by atoms with Gasteiger partial charge in [-0.25, -0.2) is 4.79 Å². The maximum atomic E-state index is 10.8. The number of carbonyl (C=O) groups excluding carboxylic acids is 1. The van der Waals surface area contributed by atoms with Gasteiger partial charge in [-0.05, 0) is 17.7 Å². The van der Waals surface area contributed by atoms with E-state index in [0.29, 0.717) is 10.6 Å². The lowest BCUT2D eigenvalue weighted by Crippen LogP contribution is -2.32. The summed E-state index contributed by atoms with van der Waals surface area (Å²) in [4.78, 5) is 10.8. The number of cyclic esters (lactones) is 1. The van der Waals surface area contributed by atoms with Gasteiger partial charge in [0, 0.05) is 5.02 Å². The first kappa shape index (κ1) is 10.3. The first-order valence-corrected chi connectivity index (χ1v) is 4.91. The van der Waals surface area contributed by atoms with Crippen LogP contribution >= 0.6 is 11.6 Å². The molecule has 0 radical (unpaired) electrons. The number of nitrogens with one attached hydrogen (secondary N) is 1. The van der Waals surface area contributed by atoms with Crippen LogP contribution in [-0.2, 0) is 4.74 Å². The van der Waals surface area contributed by atoms with Crippen molar-refractivity contribution in [1.29, 1.82) is 0 Å². The third kappa shape index (κ3) is 2.22. The summed E-state index contributed by atoms with van der Waals surface area (Å²) in [6.07, 6.45) is -1.26. The van der Waals surface area contributed by atoms with Gasteiger partial charge < -0.3 is 15.2 Å². The van der Waals surface area contributed by atoms with Gasteiger partial charge in [0.25, 0.3) is 0 Å². The molecule has 0 spiro atoms. The summed E-state index contributed by atoms with van der Waals surface area (Å²) in [5.74, 6) is 0. The zero-order valence-electron chi connectivity index (χ0n) is 7.81. The van der Waals surface area contributed by atoms with Crippen LogP contribution in [0.15, 0.2) is 24.3 Å². The van der Waals surface area contributed by atoms with Crippen LogP contribution in [0, 0.1) is 0 Å². The molecule has 1 aromatic rings. The van der Waals surface area contributed by atoms with Crippen molar-refractivity contribution in [2.45, 2.75) is 12.1 Å². The van der Waals surface area contributed by atoms with E-state index in [1.54, 1.807) is 24.3 Å². The molecule has 1 aliphatic rings. The standard InChI is InChI=1S/C10H10ClNO3/c11-7-3-1-6(2-4-7)9(13)8-5-15-10(14)12-8/h1-4,8-9,13H,5H2,(H,12,14). The number of halogens is 1. The average Bonchev–Trinajstić information content (AvgIpc) is 2.65. The molecular weight excluding hydrogens is 218 g/mol. The van der Waals surface area contributed by atoms with E-state index < -0.39 is 18.2 Å². The molecule has 1 aromatic carbocycles. The Bertz CT molecular complexity index is 365. The molecule has 4 nitrogen and oxygen atoms in total. The van der Waals surface area contributed by atoms with Crippen LogP contribution in [-0.4, -0.2) is 23.8 Å². The van der Waals surface area contributed by atoms with Gasteiger partial charge in [-0.15, -0.1) is 0 Å². The molecule has 2 N–H and O–H groups in total. The van der Waals surface area contributed by atoms with Crippen molar-refractivity contribution >= 4 is 17.7 Å². The smallest absolute Gasteiger partial charge is 0.407 e. The minimum atomic E-state index is -0.770. The fraction of sp³-hybridized carbons (Fsp3) is 0.300. The molecule has 1 amide bonds. The molecule has 2 rings (SSSR count). The van der Waals surface area contributed by atoms with E-state index in [4.69, 9.17) is 16.3 Å². The van der Waals surface area contributed by atoms with Gasteiger partial charge in [-0.1, -0.05) is 23.7 Å². The van der Waals surface area contributed by atoms with Crippen molar-refractivity contribution in [3.05, 3.63) is 34.9 Å². The second-order valence-electron chi connectivity index (χ2n) is 3.35. The number of aliphatic hydroxyl groups excluding tert-OH is 1. The average molecular weight is 228 g/mol. The Morgan fingerprint density at radius 3 is 2.67 bits per heavy atom. The molecular formula is C10H10ClNO3. The predicted molar refractivity (Wildman–Crippen MR) is 54.7 cm³/mol. The fourth-order valence-corrected chi connectivity index (χ4v) is 1.59. The van der Waals surface area contributed by atoms with Gasteiger partial charge in [-0.3, -0.25) is 0 Å². The Morgan fingerprint density at radius 2 is 2.13 bits per heavy atom. The molecule has 1 fully saturated rings. The molecule has 1 aliphatic heterocycles. The number of rotatable bonds is 2. The first-order valence-electron chi connectivity index (χ1n) is 4.53. The molecule has 1 saturated heterocycles. The van der Waals surface area contributed by atoms with E-state index in [0.717, 1.165) is 0 Å². The fourth-order valence-electron chi connectivity index (χ4n) is 1.46. The molecule has 80 valence electrons. The van der Waals surface area contributed by atoms with E-state index in [9.17, 15) is 9.90 Å². The number of aliphatic hydroxyl groups is 1. The highest BCUT2D eigenvalue weighted by molar-refractivity contribution is 6.30. The number of carbonyl (C=O) groups is 1. The Labute approximate surface area is 91.8 Å². The maximum Gasteiger partial charge on any atom is 0.407 e. The topological polar surface area (TPSA) is 58.6 Å². The first-order chi connectivity index (χ1) is 7.16. The van der Waals surface area contributed by atoms with Crippen LogP contribution < -0.4 is 5.32 Å². The summed E-state index contributed by atoms with van der Waals surface area (Å²) >= 11 is 5.72. The van der Waals surface area contributed by atoms with Crippen LogP contribution in [0.1, 0.15) is 11.7 Å². The van der Waals surface area contributed by atoms with Gasteiger partial charge in [-0.2, -0.15) is 0 Å². The van der Waals surface area contributed by atoms with E-state index in [2.05, 4.69) is 5.32 Å². The number of ether oxygens (including phenoxy) is 1. The predicted octanol–water partition coefficient (Wildman–Crippen LogP) is 1.48. The molecule has 0 aromatic heterocycles. The number of hydrogen-bond acceptors (Lipinski definition) is 3. The number of alkyl carbamates (subject to hydrolysis) is 1.